The summed E-state index contributed by atoms with van der Waals surface area (Å²) < 4.78 is 26.1. The highest BCUT2D eigenvalue weighted by Gasteiger charge is 2.32. The lowest BCUT2D eigenvalue weighted by molar-refractivity contribution is -0.133. The van der Waals surface area contributed by atoms with Gasteiger partial charge in [-0.25, -0.2) is 8.78 Å². The number of benzene rings is 2. The van der Waals surface area contributed by atoms with E-state index in [0.29, 0.717) is 40.0 Å². The van der Waals surface area contributed by atoms with Crippen LogP contribution in [0.3, 0.4) is 0 Å². The van der Waals surface area contributed by atoms with Crippen molar-refractivity contribution in [1.29, 1.82) is 0 Å². The lowest BCUT2D eigenvalue weighted by Crippen LogP contribution is -2.40. The molecule has 1 aliphatic heterocycles. The third-order valence-corrected chi connectivity index (χ3v) is 6.34. The van der Waals surface area contributed by atoms with Gasteiger partial charge in [0, 0.05) is 17.0 Å². The number of hydrogen-bond acceptors (Lipinski definition) is 3. The second-order valence-corrected chi connectivity index (χ2v) is 8.11. The number of amides is 1. The van der Waals surface area contributed by atoms with Gasteiger partial charge in [-0.15, -0.1) is 0 Å². The maximum atomic E-state index is 13.2. The Kier molecular flexibility index (Phi) is 5.70. The highest BCUT2D eigenvalue weighted by atomic mass is 35.5. The smallest absolute Gasteiger partial charge is 0.268 e. The number of carbonyl (C=O) groups excluding carboxylic acids is 1. The Morgan fingerprint density at radius 1 is 1.33 bits per heavy atom. The largest absolute Gasteiger partial charge is 0.382 e. The summed E-state index contributed by atoms with van der Waals surface area (Å²) >= 11 is 12.5. The van der Waals surface area contributed by atoms with Crippen molar-refractivity contribution in [3.63, 3.8) is 0 Å². The van der Waals surface area contributed by atoms with Gasteiger partial charge < -0.3 is 10.0 Å². The van der Waals surface area contributed by atoms with Gasteiger partial charge >= 0.3 is 0 Å². The molecule has 3 aromatic rings. The van der Waals surface area contributed by atoms with Crippen LogP contribution in [0, 0.1) is 0 Å². The number of nitrogens with zero attached hydrogens (tertiary/aromatic N) is 2. The van der Waals surface area contributed by atoms with E-state index >= 15 is 0 Å². The molecule has 0 bridgehead atoms. The molecule has 0 radical (unpaired) electrons. The third kappa shape index (κ3) is 3.55. The van der Waals surface area contributed by atoms with Crippen LogP contribution >= 0.6 is 23.2 Å². The van der Waals surface area contributed by atoms with Gasteiger partial charge in [-0.1, -0.05) is 41.4 Å². The van der Waals surface area contributed by atoms with Gasteiger partial charge in [-0.3, -0.25) is 9.89 Å². The number of fused-ring (bicyclic) bond motifs is 2. The first-order valence-electron chi connectivity index (χ1n) is 9.48. The van der Waals surface area contributed by atoms with E-state index in [1.807, 2.05) is 13.0 Å². The van der Waals surface area contributed by atoms with Crippen molar-refractivity contribution in [3.8, 4) is 0 Å². The summed E-state index contributed by atoms with van der Waals surface area (Å²) in [4.78, 5) is 14.9. The Hall–Kier alpha value is -2.22. The van der Waals surface area contributed by atoms with Gasteiger partial charge in [0.05, 0.1) is 18.0 Å². The minimum atomic E-state index is -2.87. The average Bonchev–Trinajstić information content (AvgIpc) is 3.10. The van der Waals surface area contributed by atoms with E-state index < -0.39 is 12.5 Å². The molecule has 2 N–H and O–H groups in total. The van der Waals surface area contributed by atoms with E-state index in [1.54, 1.807) is 23.1 Å². The Bertz CT molecular complexity index is 1120. The number of aromatic amines is 1. The monoisotopic (exact) mass is 453 g/mol. The molecule has 2 aromatic carbocycles. The van der Waals surface area contributed by atoms with Crippen LogP contribution in [-0.2, 0) is 17.6 Å². The van der Waals surface area contributed by atoms with Gasteiger partial charge in [-0.2, -0.15) is 5.10 Å². The molecule has 2 heterocycles. The highest BCUT2D eigenvalue weighted by molar-refractivity contribution is 6.37. The van der Waals surface area contributed by atoms with Crippen LogP contribution in [-0.4, -0.2) is 39.1 Å². The topological polar surface area (TPSA) is 69.2 Å². The minimum absolute atomic E-state index is 0.0362. The molecule has 0 saturated carbocycles. The second-order valence-electron chi connectivity index (χ2n) is 7.35. The molecular formula is C21H19Cl2F2N3O2. The Morgan fingerprint density at radius 3 is 2.83 bits per heavy atom. The first-order valence-corrected chi connectivity index (χ1v) is 10.2. The predicted octanol–water partition coefficient (Wildman–Crippen LogP) is 4.86. The van der Waals surface area contributed by atoms with Gasteiger partial charge in [0.2, 0.25) is 5.91 Å². The normalized spacial score (nSPS) is 17.4. The number of nitrogens with one attached hydrogen (secondary N) is 1. The first-order chi connectivity index (χ1) is 14.3. The summed E-state index contributed by atoms with van der Waals surface area (Å²) in [6.45, 7) is 2.20. The van der Waals surface area contributed by atoms with Crippen molar-refractivity contribution in [1.82, 2.24) is 15.1 Å². The first kappa shape index (κ1) is 21.0. The maximum absolute atomic E-state index is 13.2. The van der Waals surface area contributed by atoms with E-state index in [4.69, 9.17) is 23.2 Å². The van der Waals surface area contributed by atoms with Crippen molar-refractivity contribution in [3.05, 3.63) is 62.8 Å². The van der Waals surface area contributed by atoms with Crippen molar-refractivity contribution in [2.75, 3.05) is 6.54 Å². The molecule has 158 valence electrons. The number of hydrogen-bond donors (Lipinski definition) is 2. The Morgan fingerprint density at radius 2 is 2.10 bits per heavy atom. The van der Waals surface area contributed by atoms with E-state index in [0.717, 1.165) is 5.56 Å². The van der Waals surface area contributed by atoms with Crippen molar-refractivity contribution < 1.29 is 18.7 Å². The molecule has 1 amide bonds. The second kappa shape index (κ2) is 8.13. The Labute approximate surface area is 181 Å². The van der Waals surface area contributed by atoms with Crippen molar-refractivity contribution >= 4 is 40.0 Å². The number of aromatic nitrogens is 2. The van der Waals surface area contributed by atoms with Crippen molar-refractivity contribution in [2.24, 2.45) is 0 Å². The van der Waals surface area contributed by atoms with Crippen LogP contribution in [0.5, 0.6) is 0 Å². The highest BCUT2D eigenvalue weighted by Crippen LogP contribution is 2.36. The molecule has 0 spiro atoms. The molecule has 0 saturated heterocycles. The van der Waals surface area contributed by atoms with Crippen LogP contribution < -0.4 is 0 Å². The summed E-state index contributed by atoms with van der Waals surface area (Å²) in [6.07, 6.45) is -4.28. The number of alkyl halides is 2. The number of H-pyrrole nitrogens is 1. The molecule has 1 aliphatic rings. The van der Waals surface area contributed by atoms with Gasteiger partial charge in [-0.05, 0) is 47.7 Å². The quantitative estimate of drug-likeness (QED) is 0.592. The standard InChI is InChI=1S/C21H19Cl2F2N3O2/c1-10-11-3-2-4-13(19(30)21(24)25)12(11)7-8-28(10)17(29)9-14-15(22)5-6-16-18(14)20(23)27-26-16/h2-6,10,19,21,30H,7-9H2,1H3,(H,26,27)/t10-,19+/m0/s1. The van der Waals surface area contributed by atoms with E-state index in [1.165, 1.54) is 6.07 Å². The van der Waals surface area contributed by atoms with Crippen LogP contribution in [0.25, 0.3) is 10.9 Å². The lowest BCUT2D eigenvalue weighted by Gasteiger charge is -2.37. The van der Waals surface area contributed by atoms with Crippen molar-refractivity contribution in [2.45, 2.75) is 38.3 Å². The molecule has 0 unspecified atom stereocenters. The predicted molar refractivity (Wildman–Crippen MR) is 111 cm³/mol. The van der Waals surface area contributed by atoms with E-state index in [-0.39, 0.29) is 29.1 Å². The summed E-state index contributed by atoms with van der Waals surface area (Å²) in [5, 5.41) is 17.9. The molecule has 2 atom stereocenters. The molecule has 0 fully saturated rings. The third-order valence-electron chi connectivity index (χ3n) is 5.71. The molecule has 5 nitrogen and oxygen atoms in total. The number of aliphatic hydroxyl groups is 1. The zero-order chi connectivity index (χ0) is 21.6. The van der Waals surface area contributed by atoms with Gasteiger partial charge in [0.25, 0.3) is 6.43 Å². The summed E-state index contributed by atoms with van der Waals surface area (Å²) in [5.74, 6) is -0.153. The summed E-state index contributed by atoms with van der Waals surface area (Å²) in [5.41, 5.74) is 2.95. The van der Waals surface area contributed by atoms with E-state index in [2.05, 4.69) is 10.2 Å². The number of halogens is 4. The summed E-state index contributed by atoms with van der Waals surface area (Å²) in [6, 6.07) is 8.06. The molecular weight excluding hydrogens is 435 g/mol. The van der Waals surface area contributed by atoms with Crippen LogP contribution in [0.4, 0.5) is 8.78 Å². The van der Waals surface area contributed by atoms with Crippen LogP contribution in [0.1, 0.15) is 41.3 Å². The number of carbonyl (C=O) groups is 1. The zero-order valence-electron chi connectivity index (χ0n) is 16.0. The molecule has 30 heavy (non-hydrogen) atoms. The van der Waals surface area contributed by atoms with Gasteiger partial charge in [0.1, 0.15) is 6.10 Å². The fraction of sp³-hybridized carbons (Fsp3) is 0.333. The lowest BCUT2D eigenvalue weighted by atomic mass is 9.87. The molecule has 0 aliphatic carbocycles. The fourth-order valence-electron chi connectivity index (χ4n) is 4.19. The van der Waals surface area contributed by atoms with Crippen LogP contribution in [0.2, 0.25) is 10.2 Å². The molecule has 4 rings (SSSR count). The van der Waals surface area contributed by atoms with Crippen LogP contribution in [0.15, 0.2) is 30.3 Å². The van der Waals surface area contributed by atoms with E-state index in [9.17, 15) is 18.7 Å². The maximum Gasteiger partial charge on any atom is 0.268 e. The number of rotatable bonds is 4. The fourth-order valence-corrected chi connectivity index (χ4v) is 4.68. The zero-order valence-corrected chi connectivity index (χ0v) is 17.5. The number of aliphatic hydroxyl groups excluding tert-OH is 1. The average molecular weight is 454 g/mol. The van der Waals surface area contributed by atoms with Gasteiger partial charge in [0.15, 0.2) is 5.15 Å². The molecule has 9 heteroatoms. The summed E-state index contributed by atoms with van der Waals surface area (Å²) in [7, 11) is 0. The minimum Gasteiger partial charge on any atom is -0.382 e. The molecule has 1 aromatic heterocycles. The Balaban J connectivity index is 1.63. The SMILES string of the molecule is C[C@H]1c2cccc([C@@H](O)C(F)F)c2CCN1C(=O)Cc1c(Cl)ccc2[nH]nc(Cl)c12.